The van der Waals surface area contributed by atoms with Crippen LogP contribution in [0, 0.1) is 0 Å². The van der Waals surface area contributed by atoms with Gasteiger partial charge in [-0.15, -0.1) is 0 Å². The molecule has 462 valence electrons. The minimum Gasteiger partial charge on any atom is -0.462 e. The topological polar surface area (TPSA) is 108 Å². The van der Waals surface area contributed by atoms with Gasteiger partial charge in [0.25, 0.3) is 0 Å². The number of ether oxygens (including phenoxy) is 2. The molecule has 0 bridgehead atoms. The van der Waals surface area contributed by atoms with Gasteiger partial charge in [0.05, 0.1) is 27.7 Å². The van der Waals surface area contributed by atoms with Crippen LogP contribution in [-0.2, 0) is 32.7 Å². The largest absolute Gasteiger partial charge is 0.472 e. The Morgan fingerprint density at radius 3 is 1.07 bits per heavy atom. The highest BCUT2D eigenvalue weighted by Crippen LogP contribution is 2.43. The van der Waals surface area contributed by atoms with E-state index in [9.17, 15) is 19.0 Å². The van der Waals surface area contributed by atoms with Gasteiger partial charge in [-0.1, -0.05) is 272 Å². The molecule has 0 fully saturated rings. The number of carbonyl (C=O) groups excluding carboxylic acids is 2. The quantitative estimate of drug-likeness (QED) is 0.0211. The smallest absolute Gasteiger partial charge is 0.462 e. The predicted octanol–water partition coefficient (Wildman–Crippen LogP) is 21.2. The molecule has 9 nitrogen and oxygen atoms in total. The lowest BCUT2D eigenvalue weighted by atomic mass is 10.0. The van der Waals surface area contributed by atoms with E-state index in [1.54, 1.807) is 0 Å². The zero-order valence-corrected chi connectivity index (χ0v) is 53.4. The molecule has 0 saturated heterocycles. The van der Waals surface area contributed by atoms with Crippen LogP contribution in [0.4, 0.5) is 0 Å². The molecular formula is C70H125NO8P+. The number of esters is 2. The molecule has 0 rings (SSSR count). The molecule has 0 aromatic heterocycles. The van der Waals surface area contributed by atoms with Crippen LogP contribution in [0.1, 0.15) is 284 Å². The van der Waals surface area contributed by atoms with Crippen molar-refractivity contribution in [2.45, 2.75) is 290 Å². The lowest BCUT2D eigenvalue weighted by Crippen LogP contribution is -2.37. The Morgan fingerprint density at radius 1 is 0.400 bits per heavy atom. The van der Waals surface area contributed by atoms with Crippen molar-refractivity contribution in [1.29, 1.82) is 0 Å². The number of phosphoric acid groups is 1. The first kappa shape index (κ1) is 76.9. The van der Waals surface area contributed by atoms with Crippen molar-refractivity contribution in [1.82, 2.24) is 0 Å². The van der Waals surface area contributed by atoms with E-state index in [1.807, 2.05) is 21.1 Å². The van der Waals surface area contributed by atoms with E-state index >= 15 is 0 Å². The third-order valence-electron chi connectivity index (χ3n) is 14.1. The van der Waals surface area contributed by atoms with Gasteiger partial charge in [-0.05, 0) is 96.3 Å². The first-order valence-corrected chi connectivity index (χ1v) is 34.5. The Hall–Kier alpha value is -3.07. The molecule has 0 spiro atoms. The number of allylic oxidation sites excluding steroid dienone is 16. The van der Waals surface area contributed by atoms with Gasteiger partial charge in [0.2, 0.25) is 0 Å². The first-order valence-electron chi connectivity index (χ1n) is 33.0. The molecule has 0 radical (unpaired) electrons. The van der Waals surface area contributed by atoms with Crippen LogP contribution >= 0.6 is 7.82 Å². The molecule has 80 heavy (non-hydrogen) atoms. The minimum absolute atomic E-state index is 0.0237. The molecule has 0 aromatic carbocycles. The summed E-state index contributed by atoms with van der Waals surface area (Å²) in [6.45, 7) is 4.32. The molecule has 10 heteroatoms. The van der Waals surface area contributed by atoms with Gasteiger partial charge >= 0.3 is 19.8 Å². The van der Waals surface area contributed by atoms with Crippen molar-refractivity contribution < 1.29 is 42.1 Å². The van der Waals surface area contributed by atoms with E-state index < -0.39 is 26.5 Å². The predicted molar refractivity (Wildman–Crippen MR) is 344 cm³/mol. The highest BCUT2D eigenvalue weighted by molar-refractivity contribution is 7.47. The van der Waals surface area contributed by atoms with E-state index in [0.717, 1.165) is 96.3 Å². The van der Waals surface area contributed by atoms with Crippen LogP contribution in [0.15, 0.2) is 97.2 Å². The van der Waals surface area contributed by atoms with Gasteiger partial charge in [-0.25, -0.2) is 4.57 Å². The number of nitrogens with zero attached hydrogens (tertiary/aromatic N) is 1. The van der Waals surface area contributed by atoms with Crippen molar-refractivity contribution in [3.63, 3.8) is 0 Å². The number of unbranched alkanes of at least 4 members (excludes halogenated alkanes) is 30. The summed E-state index contributed by atoms with van der Waals surface area (Å²) in [4.78, 5) is 35.8. The van der Waals surface area contributed by atoms with Crippen molar-refractivity contribution in [2.24, 2.45) is 0 Å². The zero-order valence-electron chi connectivity index (χ0n) is 52.5. The third kappa shape index (κ3) is 64.1. The second kappa shape index (κ2) is 60.5. The fraction of sp³-hybridized carbons (Fsp3) is 0.743. The van der Waals surface area contributed by atoms with Gasteiger partial charge < -0.3 is 18.9 Å². The van der Waals surface area contributed by atoms with Gasteiger partial charge in [-0.3, -0.25) is 18.6 Å². The Kier molecular flexibility index (Phi) is 58.2. The number of likely N-dealkylation sites (N-methyl/N-ethyl adjacent to an activating group) is 1. The summed E-state index contributed by atoms with van der Waals surface area (Å²) in [5.74, 6) is -0.816. The summed E-state index contributed by atoms with van der Waals surface area (Å²) in [6.07, 6.45) is 83.5. The maximum atomic E-state index is 12.8. The molecular weight excluding hydrogens is 1010 g/mol. The molecule has 2 unspecified atom stereocenters. The van der Waals surface area contributed by atoms with Crippen molar-refractivity contribution >= 4 is 19.8 Å². The summed E-state index contributed by atoms with van der Waals surface area (Å²) in [5, 5.41) is 0. The number of phosphoric ester groups is 1. The Morgan fingerprint density at radius 2 is 0.713 bits per heavy atom. The molecule has 2 atom stereocenters. The minimum atomic E-state index is -4.40. The molecule has 0 amide bonds. The van der Waals surface area contributed by atoms with Crippen LogP contribution in [0.2, 0.25) is 0 Å². The van der Waals surface area contributed by atoms with Crippen LogP contribution in [0.25, 0.3) is 0 Å². The third-order valence-corrected chi connectivity index (χ3v) is 15.1. The van der Waals surface area contributed by atoms with Crippen LogP contribution in [-0.4, -0.2) is 74.9 Å². The van der Waals surface area contributed by atoms with Gasteiger partial charge in [0.15, 0.2) is 6.10 Å². The number of quaternary nitrogens is 1. The fourth-order valence-corrected chi connectivity index (χ4v) is 9.79. The second-order valence-corrected chi connectivity index (χ2v) is 24.6. The summed E-state index contributed by atoms with van der Waals surface area (Å²) in [5.41, 5.74) is 0. The van der Waals surface area contributed by atoms with E-state index in [1.165, 1.54) is 154 Å². The lowest BCUT2D eigenvalue weighted by molar-refractivity contribution is -0.870. The lowest BCUT2D eigenvalue weighted by Gasteiger charge is -2.24. The van der Waals surface area contributed by atoms with Crippen molar-refractivity contribution in [3.8, 4) is 0 Å². The fourth-order valence-electron chi connectivity index (χ4n) is 9.05. The standard InChI is InChI=1S/C70H124NO8P/c1-6-8-10-12-14-16-18-20-22-24-26-28-30-32-34-35-37-38-40-42-44-46-48-50-52-54-56-58-60-62-69(72)76-66-68(67-78-80(74,75)77-65-64-71(3,4)5)79-70(73)63-61-59-57-55-53-51-49-47-45-43-41-39-36-33-31-29-27-25-23-21-19-17-15-13-11-9-7-2/h9,11,15,17,21,23-24,26-27,29,33,36,41,43,47,49,68H,6-8,10,12-14,16,18-20,22,25,28,30-32,34-35,37-40,42,44-46,48,50-67H2,1-5H3/p+1/b11-9-,17-15-,23-21-,26-24-,29-27-,36-33-,43-41-,49-47-. The molecule has 0 saturated carbocycles. The van der Waals surface area contributed by atoms with Gasteiger partial charge in [-0.2, -0.15) is 0 Å². The van der Waals surface area contributed by atoms with Crippen molar-refractivity contribution in [2.75, 3.05) is 47.5 Å². The van der Waals surface area contributed by atoms with Crippen molar-refractivity contribution in [3.05, 3.63) is 97.2 Å². The van der Waals surface area contributed by atoms with Gasteiger partial charge in [0.1, 0.15) is 19.8 Å². The second-order valence-electron chi connectivity index (χ2n) is 23.1. The van der Waals surface area contributed by atoms with Crippen LogP contribution in [0.3, 0.4) is 0 Å². The van der Waals surface area contributed by atoms with Gasteiger partial charge in [0, 0.05) is 12.8 Å². The average Bonchev–Trinajstić information content (AvgIpc) is 3.42. The average molecular weight is 1140 g/mol. The zero-order chi connectivity index (χ0) is 58.4. The number of hydrogen-bond acceptors (Lipinski definition) is 7. The summed E-state index contributed by atoms with van der Waals surface area (Å²) < 4.78 is 34.7. The number of hydrogen-bond donors (Lipinski definition) is 1. The number of rotatable bonds is 60. The van der Waals surface area contributed by atoms with Crippen LogP contribution < -0.4 is 0 Å². The SMILES string of the molecule is CC/C=C\C/C=C\C/C=C\C/C=C\C/C=C\C/C=C\C/C=C\CCCCCCCC(=O)OC(COC(=O)CCCCCCCCCCCCCCCCCCC/C=C\CCCCCCCCCC)COP(=O)(O)OCC[N+](C)(C)C. The molecule has 0 aliphatic carbocycles. The molecule has 1 N–H and O–H groups in total. The van der Waals surface area contributed by atoms with E-state index in [-0.39, 0.29) is 32.0 Å². The normalized spacial score (nSPS) is 13.8. The molecule has 0 aliphatic heterocycles. The molecule has 0 aromatic rings. The maximum absolute atomic E-state index is 12.8. The summed E-state index contributed by atoms with van der Waals surface area (Å²) in [6, 6.07) is 0. The Labute approximate surface area is 493 Å². The summed E-state index contributed by atoms with van der Waals surface area (Å²) in [7, 11) is 1.46. The van der Waals surface area contributed by atoms with E-state index in [4.69, 9.17) is 18.5 Å². The maximum Gasteiger partial charge on any atom is 0.472 e. The highest BCUT2D eigenvalue weighted by atomic mass is 31.2. The van der Waals surface area contributed by atoms with Crippen LogP contribution in [0.5, 0.6) is 0 Å². The monoisotopic (exact) mass is 1140 g/mol. The Bertz CT molecular complexity index is 1670. The first-order chi connectivity index (χ1) is 39.0. The number of carbonyl (C=O) groups is 2. The molecule has 0 heterocycles. The molecule has 0 aliphatic rings. The van der Waals surface area contributed by atoms with E-state index in [0.29, 0.717) is 17.4 Å². The highest BCUT2D eigenvalue weighted by Gasteiger charge is 2.27. The van der Waals surface area contributed by atoms with E-state index in [2.05, 4.69) is 111 Å². The summed E-state index contributed by atoms with van der Waals surface area (Å²) >= 11 is 0. The Balaban J connectivity index is 4.13.